The summed E-state index contributed by atoms with van der Waals surface area (Å²) in [7, 11) is 1.39. The molecule has 0 aliphatic rings. The van der Waals surface area contributed by atoms with Crippen LogP contribution in [0, 0.1) is 0 Å². The maximum atomic E-state index is 11.5. The monoisotopic (exact) mass is 343 g/mol. The van der Waals surface area contributed by atoms with Crippen LogP contribution in [-0.2, 0) is 11.3 Å². The highest BCUT2D eigenvalue weighted by molar-refractivity contribution is 9.10. The van der Waals surface area contributed by atoms with E-state index in [0.29, 0.717) is 5.56 Å². The molecule has 3 aromatic rings. The molecule has 3 nitrogen and oxygen atoms in total. The Hall–Kier alpha value is -2.07. The van der Waals surface area contributed by atoms with Gasteiger partial charge in [-0.15, -0.1) is 0 Å². The zero-order chi connectivity index (χ0) is 14.8. The molecule has 21 heavy (non-hydrogen) atoms. The lowest BCUT2D eigenvalue weighted by molar-refractivity contribution is 0.0600. The quantitative estimate of drug-likeness (QED) is 0.666. The van der Waals surface area contributed by atoms with Crippen molar-refractivity contribution < 1.29 is 9.53 Å². The predicted molar refractivity (Wildman–Crippen MR) is 86.5 cm³/mol. The van der Waals surface area contributed by atoms with Crippen molar-refractivity contribution in [2.24, 2.45) is 0 Å². The Labute approximate surface area is 131 Å². The second-order valence-electron chi connectivity index (χ2n) is 4.80. The molecule has 0 N–H and O–H groups in total. The lowest BCUT2D eigenvalue weighted by Crippen LogP contribution is -2.03. The van der Waals surface area contributed by atoms with Gasteiger partial charge in [0.05, 0.1) is 12.7 Å². The highest BCUT2D eigenvalue weighted by Crippen LogP contribution is 2.23. The topological polar surface area (TPSA) is 31.2 Å². The van der Waals surface area contributed by atoms with Gasteiger partial charge < -0.3 is 9.30 Å². The molecule has 0 aliphatic heterocycles. The summed E-state index contributed by atoms with van der Waals surface area (Å²) in [5, 5.41) is 1.22. The van der Waals surface area contributed by atoms with Gasteiger partial charge in [0.2, 0.25) is 0 Å². The third-order valence-corrected chi connectivity index (χ3v) is 4.23. The summed E-state index contributed by atoms with van der Waals surface area (Å²) in [6.07, 6.45) is 2.07. The van der Waals surface area contributed by atoms with Gasteiger partial charge in [-0.1, -0.05) is 40.2 Å². The first-order valence-electron chi connectivity index (χ1n) is 6.59. The second kappa shape index (κ2) is 5.74. The molecule has 0 amide bonds. The minimum atomic E-state index is -0.325. The first kappa shape index (κ1) is 13.9. The summed E-state index contributed by atoms with van der Waals surface area (Å²) in [6, 6.07) is 15.9. The first-order valence-corrected chi connectivity index (χ1v) is 7.39. The van der Waals surface area contributed by atoms with Crippen molar-refractivity contribution in [2.45, 2.75) is 6.54 Å². The molecule has 0 bridgehead atoms. The summed E-state index contributed by atoms with van der Waals surface area (Å²) in [4.78, 5) is 11.5. The van der Waals surface area contributed by atoms with Crippen LogP contribution >= 0.6 is 15.9 Å². The number of rotatable bonds is 3. The van der Waals surface area contributed by atoms with Gasteiger partial charge in [0.25, 0.3) is 0 Å². The molecular formula is C17H14BrNO2. The summed E-state index contributed by atoms with van der Waals surface area (Å²) in [5.41, 5.74) is 2.86. The molecule has 0 saturated carbocycles. The number of ether oxygens (including phenoxy) is 1. The lowest BCUT2D eigenvalue weighted by Gasteiger charge is -2.09. The Morgan fingerprint density at radius 2 is 2.00 bits per heavy atom. The number of nitrogens with zero attached hydrogens (tertiary/aromatic N) is 1. The fraction of sp³-hybridized carbons (Fsp3) is 0.118. The van der Waals surface area contributed by atoms with Crippen molar-refractivity contribution in [3.05, 3.63) is 70.3 Å². The van der Waals surface area contributed by atoms with E-state index in [1.54, 1.807) is 12.1 Å². The number of hydrogen-bond donors (Lipinski definition) is 0. The normalized spacial score (nSPS) is 10.8. The number of hydrogen-bond acceptors (Lipinski definition) is 2. The summed E-state index contributed by atoms with van der Waals surface area (Å²) in [6.45, 7) is 0.746. The molecule has 0 saturated heterocycles. The van der Waals surface area contributed by atoms with Crippen molar-refractivity contribution in [1.82, 2.24) is 4.57 Å². The molecule has 0 unspecified atom stereocenters. The van der Waals surface area contributed by atoms with Crippen LogP contribution in [0.15, 0.2) is 59.2 Å². The Morgan fingerprint density at radius 3 is 2.76 bits per heavy atom. The molecule has 0 fully saturated rings. The van der Waals surface area contributed by atoms with E-state index in [4.69, 9.17) is 4.74 Å². The van der Waals surface area contributed by atoms with Crippen molar-refractivity contribution >= 4 is 32.8 Å². The van der Waals surface area contributed by atoms with Crippen molar-refractivity contribution in [1.29, 1.82) is 0 Å². The molecule has 2 aromatic carbocycles. The van der Waals surface area contributed by atoms with Crippen LogP contribution in [-0.4, -0.2) is 17.6 Å². The fourth-order valence-corrected chi connectivity index (χ4v) is 2.89. The van der Waals surface area contributed by atoms with Gasteiger partial charge in [-0.2, -0.15) is 0 Å². The van der Waals surface area contributed by atoms with E-state index in [0.717, 1.165) is 16.6 Å². The molecule has 4 heteroatoms. The molecular weight excluding hydrogens is 330 g/mol. The third kappa shape index (κ3) is 2.72. The van der Waals surface area contributed by atoms with Gasteiger partial charge in [-0.05, 0) is 35.2 Å². The highest BCUT2D eigenvalue weighted by atomic mass is 79.9. The van der Waals surface area contributed by atoms with Gasteiger partial charge in [0.15, 0.2) is 0 Å². The SMILES string of the molecule is COC(=O)c1ccc(Cn2ccc3ccccc32)c(Br)c1. The maximum absolute atomic E-state index is 11.5. The van der Waals surface area contributed by atoms with E-state index in [1.807, 2.05) is 18.2 Å². The standard InChI is InChI=1S/C17H14BrNO2/c1-21-17(20)13-6-7-14(15(18)10-13)11-19-9-8-12-4-2-3-5-16(12)19/h2-10H,11H2,1H3. The zero-order valence-corrected chi connectivity index (χ0v) is 13.1. The van der Waals surface area contributed by atoms with E-state index in [9.17, 15) is 4.79 Å². The highest BCUT2D eigenvalue weighted by Gasteiger charge is 2.09. The number of para-hydroxylation sites is 1. The largest absolute Gasteiger partial charge is 0.465 e. The molecule has 0 aliphatic carbocycles. The Balaban J connectivity index is 1.93. The fourth-order valence-electron chi connectivity index (χ4n) is 2.38. The first-order chi connectivity index (χ1) is 10.2. The minimum absolute atomic E-state index is 0.325. The second-order valence-corrected chi connectivity index (χ2v) is 5.65. The molecule has 1 aromatic heterocycles. The maximum Gasteiger partial charge on any atom is 0.337 e. The summed E-state index contributed by atoms with van der Waals surface area (Å²) in [5.74, 6) is -0.325. The predicted octanol–water partition coefficient (Wildman–Crippen LogP) is 4.24. The Kier molecular flexibility index (Phi) is 3.80. The van der Waals surface area contributed by atoms with Gasteiger partial charge in [-0.25, -0.2) is 4.79 Å². The average molecular weight is 344 g/mol. The van der Waals surface area contributed by atoms with E-state index >= 15 is 0 Å². The van der Waals surface area contributed by atoms with Crippen molar-refractivity contribution in [2.75, 3.05) is 7.11 Å². The number of fused-ring (bicyclic) bond motifs is 1. The number of methoxy groups -OCH3 is 1. The van der Waals surface area contributed by atoms with Crippen molar-refractivity contribution in [3.8, 4) is 0 Å². The molecule has 0 radical (unpaired) electrons. The molecule has 3 rings (SSSR count). The summed E-state index contributed by atoms with van der Waals surface area (Å²) < 4.78 is 7.82. The minimum Gasteiger partial charge on any atom is -0.465 e. The average Bonchev–Trinajstić information content (AvgIpc) is 2.92. The Bertz CT molecular complexity index is 807. The van der Waals surface area contributed by atoms with E-state index in [1.165, 1.54) is 18.0 Å². The number of benzene rings is 2. The molecule has 0 atom stereocenters. The number of carbonyl (C=O) groups is 1. The van der Waals surface area contributed by atoms with Crippen LogP contribution in [0.5, 0.6) is 0 Å². The van der Waals surface area contributed by atoms with Crippen LogP contribution < -0.4 is 0 Å². The zero-order valence-electron chi connectivity index (χ0n) is 11.5. The van der Waals surface area contributed by atoms with Gasteiger partial charge in [0.1, 0.15) is 0 Å². The molecule has 0 spiro atoms. The van der Waals surface area contributed by atoms with E-state index in [-0.39, 0.29) is 5.97 Å². The molecule has 1 heterocycles. The number of esters is 1. The number of halogens is 1. The lowest BCUT2D eigenvalue weighted by atomic mass is 10.1. The van der Waals surface area contributed by atoms with Crippen LogP contribution in [0.2, 0.25) is 0 Å². The van der Waals surface area contributed by atoms with E-state index in [2.05, 4.69) is 44.9 Å². The van der Waals surface area contributed by atoms with Crippen LogP contribution in [0.25, 0.3) is 10.9 Å². The Morgan fingerprint density at radius 1 is 1.19 bits per heavy atom. The number of carbonyl (C=O) groups excluding carboxylic acids is 1. The van der Waals surface area contributed by atoms with Crippen LogP contribution in [0.3, 0.4) is 0 Å². The van der Waals surface area contributed by atoms with Gasteiger partial charge >= 0.3 is 5.97 Å². The van der Waals surface area contributed by atoms with Crippen LogP contribution in [0.1, 0.15) is 15.9 Å². The van der Waals surface area contributed by atoms with Gasteiger partial charge in [0, 0.05) is 22.7 Å². The molecule has 106 valence electrons. The number of aromatic nitrogens is 1. The smallest absolute Gasteiger partial charge is 0.337 e. The van der Waals surface area contributed by atoms with Crippen LogP contribution in [0.4, 0.5) is 0 Å². The van der Waals surface area contributed by atoms with Gasteiger partial charge in [-0.3, -0.25) is 0 Å². The summed E-state index contributed by atoms with van der Waals surface area (Å²) >= 11 is 3.53. The van der Waals surface area contributed by atoms with Crippen molar-refractivity contribution in [3.63, 3.8) is 0 Å². The third-order valence-electron chi connectivity index (χ3n) is 3.50. The van der Waals surface area contributed by atoms with E-state index < -0.39 is 0 Å².